The van der Waals surface area contributed by atoms with E-state index in [0.29, 0.717) is 0 Å². The molecule has 0 atom stereocenters. The van der Waals surface area contributed by atoms with E-state index < -0.39 is 63.0 Å². The quantitative estimate of drug-likeness (QED) is 0.164. The van der Waals surface area contributed by atoms with Gasteiger partial charge in [0.2, 0.25) is 0 Å². The number of carbonyl (C=O) groups is 4. The highest BCUT2D eigenvalue weighted by atomic mass is 16.6. The molecular formula is C12H20N2O10. The van der Waals surface area contributed by atoms with Crippen molar-refractivity contribution in [3.05, 3.63) is 0 Å². The average Bonchev–Trinajstić information content (AvgIpc) is 2.40. The molecule has 0 rings (SSSR count). The zero-order chi connectivity index (χ0) is 18.7. The molecule has 0 amide bonds. The number of aliphatic hydroxyl groups is 2. The van der Waals surface area contributed by atoms with Crippen LogP contribution < -0.4 is 0 Å². The number of nitrogens with zero attached hydrogens (tertiary/aromatic N) is 2. The van der Waals surface area contributed by atoms with Gasteiger partial charge in [0.1, 0.15) is 6.61 Å². The summed E-state index contributed by atoms with van der Waals surface area (Å²) in [6.07, 6.45) is -1.86. The third-order valence-corrected chi connectivity index (χ3v) is 2.56. The van der Waals surface area contributed by atoms with Crippen molar-refractivity contribution in [1.82, 2.24) is 9.80 Å². The van der Waals surface area contributed by atoms with E-state index in [1.807, 2.05) is 0 Å². The van der Waals surface area contributed by atoms with Crippen molar-refractivity contribution < 1.29 is 49.4 Å². The highest BCUT2D eigenvalue weighted by Crippen LogP contribution is 1.96. The molecule has 0 aliphatic rings. The van der Waals surface area contributed by atoms with Gasteiger partial charge in [-0.2, -0.15) is 0 Å². The number of carbonyl (C=O) groups excluding carboxylic acids is 1. The molecule has 0 fully saturated rings. The van der Waals surface area contributed by atoms with Crippen molar-refractivity contribution in [2.24, 2.45) is 0 Å². The Morgan fingerprint density at radius 2 is 1.12 bits per heavy atom. The van der Waals surface area contributed by atoms with Gasteiger partial charge in [-0.15, -0.1) is 0 Å². The van der Waals surface area contributed by atoms with Crippen LogP contribution in [0.3, 0.4) is 0 Å². The van der Waals surface area contributed by atoms with Crippen molar-refractivity contribution in [2.75, 3.05) is 45.9 Å². The smallest absolute Gasteiger partial charge is 0.320 e. The summed E-state index contributed by atoms with van der Waals surface area (Å²) in [5, 5.41) is 43.4. The fourth-order valence-electron chi connectivity index (χ4n) is 1.68. The second kappa shape index (κ2) is 11.3. The number of ether oxygens (including phenoxy) is 1. The Labute approximate surface area is 136 Å². The number of hydrogen-bond donors (Lipinski definition) is 5. The van der Waals surface area contributed by atoms with E-state index in [1.165, 1.54) is 0 Å². The van der Waals surface area contributed by atoms with Crippen molar-refractivity contribution >= 4 is 23.9 Å². The number of carboxylic acid groups (broad SMARTS) is 3. The molecule has 0 unspecified atom stereocenters. The average molecular weight is 352 g/mol. The van der Waals surface area contributed by atoms with Crippen molar-refractivity contribution in [3.63, 3.8) is 0 Å². The van der Waals surface area contributed by atoms with E-state index >= 15 is 0 Å². The largest absolute Gasteiger partial charge is 0.480 e. The molecule has 24 heavy (non-hydrogen) atoms. The van der Waals surface area contributed by atoms with Crippen molar-refractivity contribution in [2.45, 2.75) is 6.29 Å². The Morgan fingerprint density at radius 3 is 1.46 bits per heavy atom. The van der Waals surface area contributed by atoms with E-state index in [0.717, 1.165) is 9.80 Å². The molecule has 0 aliphatic heterocycles. The van der Waals surface area contributed by atoms with Crippen LogP contribution in [0, 0.1) is 0 Å². The minimum Gasteiger partial charge on any atom is -0.480 e. The SMILES string of the molecule is O=C(O)CN(CCN(CC(=O)O)CC(=O)OCC(O)O)CC(=O)O. The monoisotopic (exact) mass is 352 g/mol. The fourth-order valence-corrected chi connectivity index (χ4v) is 1.68. The molecule has 0 radical (unpaired) electrons. The van der Waals surface area contributed by atoms with Gasteiger partial charge in [0, 0.05) is 13.1 Å². The van der Waals surface area contributed by atoms with E-state index in [9.17, 15) is 19.2 Å². The molecule has 0 saturated heterocycles. The lowest BCUT2D eigenvalue weighted by Crippen LogP contribution is -2.43. The minimum absolute atomic E-state index is 0.108. The first-order chi connectivity index (χ1) is 11.1. The van der Waals surface area contributed by atoms with Crippen LogP contribution in [-0.4, -0.2) is 111 Å². The maximum absolute atomic E-state index is 11.5. The highest BCUT2D eigenvalue weighted by molar-refractivity contribution is 5.74. The third-order valence-electron chi connectivity index (χ3n) is 2.56. The lowest BCUT2D eigenvalue weighted by atomic mass is 10.4. The van der Waals surface area contributed by atoms with Crippen LogP contribution in [-0.2, 0) is 23.9 Å². The van der Waals surface area contributed by atoms with Crippen LogP contribution in [0.4, 0.5) is 0 Å². The van der Waals surface area contributed by atoms with Gasteiger partial charge in [-0.05, 0) is 0 Å². The summed E-state index contributed by atoms with van der Waals surface area (Å²) < 4.78 is 4.48. The van der Waals surface area contributed by atoms with E-state index in [-0.39, 0.29) is 13.1 Å². The topological polar surface area (TPSA) is 185 Å². The van der Waals surface area contributed by atoms with Crippen LogP contribution in [0.5, 0.6) is 0 Å². The number of aliphatic hydroxyl groups excluding tert-OH is 1. The number of rotatable bonds is 13. The Kier molecular flexibility index (Phi) is 10.2. The number of hydrogen-bond acceptors (Lipinski definition) is 9. The summed E-state index contributed by atoms with van der Waals surface area (Å²) >= 11 is 0. The summed E-state index contributed by atoms with van der Waals surface area (Å²) in [6.45, 7) is -3.07. The first kappa shape index (κ1) is 21.7. The van der Waals surface area contributed by atoms with E-state index in [1.54, 1.807) is 0 Å². The lowest BCUT2D eigenvalue weighted by molar-refractivity contribution is -0.158. The van der Waals surface area contributed by atoms with Crippen LogP contribution in [0.25, 0.3) is 0 Å². The zero-order valence-electron chi connectivity index (χ0n) is 12.7. The molecule has 0 aromatic rings. The fraction of sp³-hybridized carbons (Fsp3) is 0.667. The zero-order valence-corrected chi connectivity index (χ0v) is 12.7. The first-order valence-electron chi connectivity index (χ1n) is 6.72. The van der Waals surface area contributed by atoms with Gasteiger partial charge in [-0.1, -0.05) is 0 Å². The molecule has 138 valence electrons. The molecule has 12 nitrogen and oxygen atoms in total. The predicted octanol–water partition coefficient (Wildman–Crippen LogP) is -3.30. The summed E-state index contributed by atoms with van der Waals surface area (Å²) in [7, 11) is 0. The molecule has 0 spiro atoms. The third kappa shape index (κ3) is 12.3. The molecule has 0 aromatic carbocycles. The van der Waals surface area contributed by atoms with Gasteiger partial charge in [0.25, 0.3) is 0 Å². The molecule has 0 heterocycles. The van der Waals surface area contributed by atoms with Crippen LogP contribution in [0.15, 0.2) is 0 Å². The second-order valence-electron chi connectivity index (χ2n) is 4.77. The standard InChI is InChI=1S/C12H20N2O10/c15-8(16)3-13(4-9(17)18)1-2-14(5-10(19)20)6-12(23)24-7-11(21)22/h11,21-22H,1-7H2,(H,15,16)(H,17,18)(H,19,20). The Hall–Kier alpha value is -2.28. The summed E-state index contributed by atoms with van der Waals surface area (Å²) in [6, 6.07) is 0. The summed E-state index contributed by atoms with van der Waals surface area (Å²) in [4.78, 5) is 45.8. The maximum Gasteiger partial charge on any atom is 0.320 e. The summed E-state index contributed by atoms with van der Waals surface area (Å²) in [5.41, 5.74) is 0. The lowest BCUT2D eigenvalue weighted by Gasteiger charge is -2.24. The van der Waals surface area contributed by atoms with Gasteiger partial charge in [-0.25, -0.2) is 0 Å². The molecule has 0 saturated carbocycles. The Balaban J connectivity index is 4.62. The number of carboxylic acids is 3. The Bertz CT molecular complexity index is 437. The first-order valence-corrected chi connectivity index (χ1v) is 6.72. The van der Waals surface area contributed by atoms with Crippen molar-refractivity contribution in [1.29, 1.82) is 0 Å². The number of esters is 1. The van der Waals surface area contributed by atoms with E-state index in [4.69, 9.17) is 25.5 Å². The molecule has 0 aliphatic carbocycles. The molecule has 5 N–H and O–H groups in total. The normalized spacial score (nSPS) is 11.0. The van der Waals surface area contributed by atoms with Gasteiger partial charge in [0.15, 0.2) is 6.29 Å². The molecule has 12 heteroatoms. The Morgan fingerprint density at radius 1 is 0.750 bits per heavy atom. The second-order valence-corrected chi connectivity index (χ2v) is 4.77. The minimum atomic E-state index is -1.86. The van der Waals surface area contributed by atoms with Crippen LogP contribution in [0.2, 0.25) is 0 Å². The maximum atomic E-state index is 11.5. The van der Waals surface area contributed by atoms with E-state index in [2.05, 4.69) is 4.74 Å². The van der Waals surface area contributed by atoms with Crippen LogP contribution >= 0.6 is 0 Å². The highest BCUT2D eigenvalue weighted by Gasteiger charge is 2.19. The predicted molar refractivity (Wildman–Crippen MR) is 75.0 cm³/mol. The number of aliphatic carboxylic acids is 3. The molecular weight excluding hydrogens is 332 g/mol. The van der Waals surface area contributed by atoms with Gasteiger partial charge in [-0.3, -0.25) is 29.0 Å². The van der Waals surface area contributed by atoms with Crippen molar-refractivity contribution in [3.8, 4) is 0 Å². The molecule has 0 aromatic heterocycles. The van der Waals surface area contributed by atoms with Crippen LogP contribution in [0.1, 0.15) is 0 Å². The van der Waals surface area contributed by atoms with Gasteiger partial charge in [0.05, 0.1) is 26.2 Å². The van der Waals surface area contributed by atoms with Gasteiger partial charge < -0.3 is 30.3 Å². The van der Waals surface area contributed by atoms with Gasteiger partial charge >= 0.3 is 23.9 Å². The molecule has 0 bridgehead atoms. The summed E-state index contributed by atoms with van der Waals surface area (Å²) in [5.74, 6) is -4.67.